The lowest BCUT2D eigenvalue weighted by molar-refractivity contribution is -0.149. The maximum absolute atomic E-state index is 12.7. The number of carbonyl (C=O) groups is 2. The number of nitrogens with zero attached hydrogens (tertiary/aromatic N) is 1. The predicted molar refractivity (Wildman–Crippen MR) is 93.5 cm³/mol. The molecular formula is C17H22F3N3O3S. The Hall–Kier alpha value is -1.65. The molecule has 2 aliphatic heterocycles. The quantitative estimate of drug-likeness (QED) is 0.803. The molecule has 1 unspecified atom stereocenters. The second-order valence-electron chi connectivity index (χ2n) is 6.86. The summed E-state index contributed by atoms with van der Waals surface area (Å²) in [6.45, 7) is 2.35. The van der Waals surface area contributed by atoms with Crippen molar-refractivity contribution in [3.05, 3.63) is 21.4 Å². The van der Waals surface area contributed by atoms with E-state index in [0.29, 0.717) is 39.0 Å². The molecule has 1 atom stereocenters. The third kappa shape index (κ3) is 3.97. The van der Waals surface area contributed by atoms with Crippen LogP contribution in [-0.4, -0.2) is 55.2 Å². The van der Waals surface area contributed by atoms with Gasteiger partial charge in [-0.3, -0.25) is 9.59 Å². The van der Waals surface area contributed by atoms with Crippen LogP contribution in [0.15, 0.2) is 6.07 Å². The van der Waals surface area contributed by atoms with Crippen molar-refractivity contribution in [1.82, 2.24) is 10.2 Å². The number of thiophene rings is 1. The summed E-state index contributed by atoms with van der Waals surface area (Å²) in [4.78, 5) is 26.9. The first-order valence-electron chi connectivity index (χ1n) is 8.79. The van der Waals surface area contributed by atoms with Gasteiger partial charge in [0.15, 0.2) is 0 Å². The zero-order chi connectivity index (χ0) is 19.8. The van der Waals surface area contributed by atoms with Crippen LogP contribution in [0.3, 0.4) is 0 Å². The van der Waals surface area contributed by atoms with Crippen LogP contribution in [0.2, 0.25) is 0 Å². The molecule has 3 N–H and O–H groups in total. The highest BCUT2D eigenvalue weighted by Gasteiger charge is 2.43. The van der Waals surface area contributed by atoms with Gasteiger partial charge in [-0.05, 0) is 31.4 Å². The Morgan fingerprint density at radius 2 is 2.07 bits per heavy atom. The molecule has 0 saturated carbocycles. The number of rotatable bonds is 3. The lowest BCUT2D eigenvalue weighted by atomic mass is 9.82. The van der Waals surface area contributed by atoms with Gasteiger partial charge in [0.25, 0.3) is 5.91 Å². The number of nitrogens with two attached hydrogens (primary N) is 1. The fraction of sp³-hybridized carbons (Fsp3) is 0.647. The number of hydrogen-bond acceptors (Lipinski definition) is 5. The van der Waals surface area contributed by atoms with E-state index in [1.54, 1.807) is 11.0 Å². The van der Waals surface area contributed by atoms with E-state index >= 15 is 0 Å². The number of alkyl halides is 3. The first-order valence-corrected chi connectivity index (χ1v) is 9.60. The van der Waals surface area contributed by atoms with Crippen LogP contribution in [-0.2, 0) is 21.6 Å². The molecule has 1 aromatic heterocycles. The number of fused-ring (bicyclic) bond motifs is 2. The summed E-state index contributed by atoms with van der Waals surface area (Å²) in [5.41, 5.74) is 5.68. The van der Waals surface area contributed by atoms with Gasteiger partial charge in [-0.1, -0.05) is 0 Å². The van der Waals surface area contributed by atoms with E-state index in [4.69, 9.17) is 10.5 Å². The number of nitrogens with one attached hydrogen (secondary N) is 1. The molecule has 0 aliphatic carbocycles. The molecule has 3 heterocycles. The Bertz CT molecular complexity index is 727. The zero-order valence-electron chi connectivity index (χ0n) is 14.9. The number of carbonyl (C=O) groups excluding carboxylic acids is 2. The number of hydrogen-bond donors (Lipinski definition) is 2. The lowest BCUT2D eigenvalue weighted by Gasteiger charge is -2.44. The number of piperidine rings is 1. The summed E-state index contributed by atoms with van der Waals surface area (Å²) >= 11 is 1.22. The zero-order valence-corrected chi connectivity index (χ0v) is 15.7. The smallest absolute Gasteiger partial charge is 0.370 e. The van der Waals surface area contributed by atoms with Crippen molar-refractivity contribution >= 4 is 23.2 Å². The van der Waals surface area contributed by atoms with E-state index < -0.39 is 23.7 Å². The highest BCUT2D eigenvalue weighted by atomic mass is 32.1. The fourth-order valence-corrected chi connectivity index (χ4v) is 4.67. The maximum atomic E-state index is 12.7. The van der Waals surface area contributed by atoms with Crippen molar-refractivity contribution in [1.29, 1.82) is 0 Å². The molecule has 27 heavy (non-hydrogen) atoms. The van der Waals surface area contributed by atoms with Crippen molar-refractivity contribution in [2.24, 2.45) is 5.73 Å². The standard InChI is InChI=1S/C17H22F3N3O3S/c1-10(17(18,19)20)22-15(25)13-8-11-12(27-13)2-7-26-16(11)3-5-23(6-4-16)14(24)9-21/h8,10H,2-7,9,21H2,1H3,(H,22,25). The second-order valence-corrected chi connectivity index (χ2v) is 8.00. The molecular weight excluding hydrogens is 383 g/mol. The Morgan fingerprint density at radius 3 is 2.67 bits per heavy atom. The van der Waals surface area contributed by atoms with Crippen molar-refractivity contribution in [2.75, 3.05) is 26.2 Å². The van der Waals surface area contributed by atoms with Gasteiger partial charge in [-0.2, -0.15) is 13.2 Å². The minimum atomic E-state index is -4.49. The van der Waals surface area contributed by atoms with Crippen LogP contribution in [0.25, 0.3) is 0 Å². The number of likely N-dealkylation sites (tertiary alicyclic amines) is 1. The van der Waals surface area contributed by atoms with Crippen molar-refractivity contribution in [3.63, 3.8) is 0 Å². The minimum absolute atomic E-state index is 0.0424. The molecule has 1 aromatic rings. The molecule has 3 rings (SSSR count). The largest absolute Gasteiger partial charge is 0.408 e. The molecule has 0 aromatic carbocycles. The molecule has 0 bridgehead atoms. The lowest BCUT2D eigenvalue weighted by Crippen LogP contribution is -2.49. The number of ether oxygens (including phenoxy) is 1. The normalized spacial score (nSPS) is 20.3. The van der Waals surface area contributed by atoms with Gasteiger partial charge in [-0.25, -0.2) is 0 Å². The van der Waals surface area contributed by atoms with Crippen LogP contribution < -0.4 is 11.1 Å². The van der Waals surface area contributed by atoms with Crippen molar-refractivity contribution in [3.8, 4) is 0 Å². The molecule has 1 spiro atoms. The van der Waals surface area contributed by atoms with Gasteiger partial charge < -0.3 is 20.7 Å². The topological polar surface area (TPSA) is 84.7 Å². The molecule has 10 heteroatoms. The average Bonchev–Trinajstić information content (AvgIpc) is 3.07. The molecule has 1 saturated heterocycles. The number of amides is 2. The summed E-state index contributed by atoms with van der Waals surface area (Å²) < 4.78 is 44.1. The second kappa shape index (κ2) is 7.40. The third-order valence-corrected chi connectivity index (χ3v) is 6.36. The molecule has 1 fully saturated rings. The van der Waals surface area contributed by atoms with Gasteiger partial charge in [-0.15, -0.1) is 11.3 Å². The van der Waals surface area contributed by atoms with E-state index in [0.717, 1.165) is 17.4 Å². The van der Waals surface area contributed by atoms with E-state index in [-0.39, 0.29) is 17.3 Å². The highest BCUT2D eigenvalue weighted by Crippen LogP contribution is 2.44. The van der Waals surface area contributed by atoms with Crippen molar-refractivity contribution in [2.45, 2.75) is 44.0 Å². The van der Waals surface area contributed by atoms with Crippen LogP contribution in [0.4, 0.5) is 13.2 Å². The Labute approximate surface area is 158 Å². The summed E-state index contributed by atoms with van der Waals surface area (Å²) in [5.74, 6) is -0.850. The number of halogens is 3. The molecule has 2 aliphatic rings. The van der Waals surface area contributed by atoms with Crippen LogP contribution in [0.1, 0.15) is 39.9 Å². The van der Waals surface area contributed by atoms with E-state index in [1.807, 2.05) is 5.32 Å². The van der Waals surface area contributed by atoms with Gasteiger partial charge >= 0.3 is 6.18 Å². The summed E-state index contributed by atoms with van der Waals surface area (Å²) in [6.07, 6.45) is -2.72. The molecule has 2 amide bonds. The van der Waals surface area contributed by atoms with Gasteiger partial charge in [0.05, 0.1) is 23.6 Å². The monoisotopic (exact) mass is 405 g/mol. The maximum Gasteiger partial charge on any atom is 0.408 e. The van der Waals surface area contributed by atoms with E-state index in [2.05, 4.69) is 0 Å². The third-order valence-electron chi connectivity index (χ3n) is 5.17. The van der Waals surface area contributed by atoms with Gasteiger partial charge in [0.1, 0.15) is 6.04 Å². The van der Waals surface area contributed by atoms with Crippen molar-refractivity contribution < 1.29 is 27.5 Å². The van der Waals surface area contributed by atoms with E-state index in [1.165, 1.54) is 11.3 Å². The summed E-state index contributed by atoms with van der Waals surface area (Å²) in [6, 6.07) is -0.266. The first kappa shape index (κ1) is 20.1. The summed E-state index contributed by atoms with van der Waals surface area (Å²) in [5, 5.41) is 2.01. The summed E-state index contributed by atoms with van der Waals surface area (Å²) in [7, 11) is 0. The van der Waals surface area contributed by atoms with Crippen LogP contribution in [0, 0.1) is 0 Å². The Morgan fingerprint density at radius 1 is 1.41 bits per heavy atom. The molecule has 0 radical (unpaired) electrons. The highest BCUT2D eigenvalue weighted by molar-refractivity contribution is 7.14. The van der Waals surface area contributed by atoms with Crippen LogP contribution in [0.5, 0.6) is 0 Å². The minimum Gasteiger partial charge on any atom is -0.370 e. The Balaban J connectivity index is 1.77. The predicted octanol–water partition coefficient (Wildman–Crippen LogP) is 1.78. The first-order chi connectivity index (χ1) is 12.7. The SMILES string of the molecule is CC(NC(=O)c1cc2c(s1)CCOC21CCN(C(=O)CN)CC1)C(F)(F)F. The Kier molecular flexibility index (Phi) is 5.51. The van der Waals surface area contributed by atoms with Crippen LogP contribution >= 0.6 is 11.3 Å². The van der Waals surface area contributed by atoms with E-state index in [9.17, 15) is 22.8 Å². The van der Waals surface area contributed by atoms with Gasteiger partial charge in [0, 0.05) is 24.4 Å². The van der Waals surface area contributed by atoms with Gasteiger partial charge in [0.2, 0.25) is 5.91 Å². The average molecular weight is 405 g/mol. The molecule has 6 nitrogen and oxygen atoms in total. The molecule has 150 valence electrons. The fourth-order valence-electron chi connectivity index (χ4n) is 3.54.